The van der Waals surface area contributed by atoms with Crippen LogP contribution in [0.4, 0.5) is 0 Å². The molecule has 0 saturated heterocycles. The quantitative estimate of drug-likeness (QED) is 0.473. The maximum Gasteiger partial charge on any atom is 0.340 e. The number of hydrogen-bond donors (Lipinski definition) is 1. The summed E-state index contributed by atoms with van der Waals surface area (Å²) in [5.74, 6) is -1.30. The van der Waals surface area contributed by atoms with Crippen LogP contribution in [0.5, 0.6) is 0 Å². The van der Waals surface area contributed by atoms with Gasteiger partial charge in [0.15, 0.2) is 0 Å². The van der Waals surface area contributed by atoms with Gasteiger partial charge in [-0.1, -0.05) is 54.6 Å². The van der Waals surface area contributed by atoms with Gasteiger partial charge in [0.05, 0.1) is 10.4 Å². The number of thiophene rings is 1. The Kier molecular flexibility index (Phi) is 5.53. The van der Waals surface area contributed by atoms with Gasteiger partial charge in [-0.25, -0.2) is 4.79 Å². The molecule has 1 aliphatic carbocycles. The van der Waals surface area contributed by atoms with Crippen molar-refractivity contribution in [2.45, 2.75) is 25.0 Å². The van der Waals surface area contributed by atoms with Gasteiger partial charge in [-0.15, -0.1) is 11.3 Å². The Balaban J connectivity index is 1.61. The molecule has 1 saturated carbocycles. The number of esters is 1. The summed E-state index contributed by atoms with van der Waals surface area (Å²) in [6, 6.07) is 19.0. The number of ether oxygens (including phenoxy) is 1. The second-order valence-electron chi connectivity index (χ2n) is 6.83. The Hall–Kier alpha value is -3.25. The van der Waals surface area contributed by atoms with Crippen LogP contribution in [0, 0.1) is 0 Å². The van der Waals surface area contributed by atoms with Crippen LogP contribution < -0.4 is 5.32 Å². The summed E-state index contributed by atoms with van der Waals surface area (Å²) in [4.78, 5) is 39.0. The van der Waals surface area contributed by atoms with E-state index in [1.807, 2.05) is 11.4 Å². The van der Waals surface area contributed by atoms with E-state index in [0.29, 0.717) is 10.4 Å². The molecule has 5 nitrogen and oxygen atoms in total. The molecular weight excluding hydrogens is 386 g/mol. The molecule has 0 radical (unpaired) electrons. The van der Waals surface area contributed by atoms with Gasteiger partial charge >= 0.3 is 5.97 Å². The Labute approximate surface area is 172 Å². The molecule has 3 aromatic rings. The minimum atomic E-state index is -1.07. The summed E-state index contributed by atoms with van der Waals surface area (Å²) in [7, 11) is 0. The van der Waals surface area contributed by atoms with Crippen LogP contribution in [0.1, 0.15) is 50.1 Å². The van der Waals surface area contributed by atoms with Crippen molar-refractivity contribution in [3.05, 3.63) is 93.7 Å². The molecule has 1 aliphatic rings. The predicted molar refractivity (Wildman–Crippen MR) is 110 cm³/mol. The van der Waals surface area contributed by atoms with Gasteiger partial charge < -0.3 is 10.1 Å². The van der Waals surface area contributed by atoms with Gasteiger partial charge in [-0.2, -0.15) is 0 Å². The third-order valence-electron chi connectivity index (χ3n) is 4.63. The molecule has 4 rings (SSSR count). The lowest BCUT2D eigenvalue weighted by Gasteiger charge is -2.18. The highest BCUT2D eigenvalue weighted by atomic mass is 32.1. The van der Waals surface area contributed by atoms with Crippen molar-refractivity contribution in [1.82, 2.24) is 5.32 Å². The van der Waals surface area contributed by atoms with E-state index < -0.39 is 12.1 Å². The first kappa shape index (κ1) is 19.1. The first-order valence-electron chi connectivity index (χ1n) is 9.37. The van der Waals surface area contributed by atoms with E-state index in [4.69, 9.17) is 4.74 Å². The summed E-state index contributed by atoms with van der Waals surface area (Å²) >= 11 is 1.31. The average molecular weight is 405 g/mol. The van der Waals surface area contributed by atoms with Gasteiger partial charge in [0, 0.05) is 17.2 Å². The van der Waals surface area contributed by atoms with Crippen molar-refractivity contribution in [2.24, 2.45) is 0 Å². The minimum absolute atomic E-state index is 0.139. The molecule has 1 amide bonds. The maximum absolute atomic E-state index is 13.0. The van der Waals surface area contributed by atoms with Gasteiger partial charge in [-0.3, -0.25) is 9.59 Å². The molecule has 6 heteroatoms. The first-order valence-corrected chi connectivity index (χ1v) is 10.2. The van der Waals surface area contributed by atoms with Crippen LogP contribution in [0.2, 0.25) is 0 Å². The fraction of sp³-hybridized carbons (Fsp3) is 0.174. The van der Waals surface area contributed by atoms with E-state index in [0.717, 1.165) is 12.8 Å². The highest BCUT2D eigenvalue weighted by Crippen LogP contribution is 2.25. The third kappa shape index (κ3) is 4.43. The molecule has 146 valence electrons. The van der Waals surface area contributed by atoms with Crippen LogP contribution in [-0.2, 0) is 9.53 Å². The van der Waals surface area contributed by atoms with E-state index in [1.54, 1.807) is 60.7 Å². The Morgan fingerprint density at radius 3 is 2.24 bits per heavy atom. The van der Waals surface area contributed by atoms with Crippen LogP contribution in [0.25, 0.3) is 0 Å². The number of hydrogen-bond acceptors (Lipinski definition) is 5. The first-order chi connectivity index (χ1) is 14.1. The Morgan fingerprint density at radius 1 is 0.897 bits per heavy atom. The molecule has 29 heavy (non-hydrogen) atoms. The lowest BCUT2D eigenvalue weighted by molar-refractivity contribution is -0.130. The SMILES string of the molecule is O=C(O[C@H](C(=O)NC1CC1)c1ccccc1)c1ccccc1C(=O)c1cccs1. The zero-order chi connectivity index (χ0) is 20.2. The number of carbonyl (C=O) groups is 3. The lowest BCUT2D eigenvalue weighted by atomic mass is 10.0. The standard InChI is InChI=1S/C23H19NO4S/c25-20(19-11-6-14-29-19)17-9-4-5-10-18(17)23(27)28-21(15-7-2-1-3-8-15)22(26)24-16-12-13-16/h1-11,14,16,21H,12-13H2,(H,24,26)/t21-/m0/s1. The molecule has 2 aromatic carbocycles. The van der Waals surface area contributed by atoms with E-state index in [-0.39, 0.29) is 28.9 Å². The van der Waals surface area contributed by atoms with Crippen LogP contribution >= 0.6 is 11.3 Å². The molecule has 1 aromatic heterocycles. The molecule has 0 unspecified atom stereocenters. The molecule has 1 fully saturated rings. The van der Waals surface area contributed by atoms with Crippen LogP contribution in [-0.4, -0.2) is 23.7 Å². The van der Waals surface area contributed by atoms with Gasteiger partial charge in [-0.05, 0) is 30.4 Å². The largest absolute Gasteiger partial charge is 0.444 e. The summed E-state index contributed by atoms with van der Waals surface area (Å²) in [6.45, 7) is 0. The monoisotopic (exact) mass is 405 g/mol. The third-order valence-corrected chi connectivity index (χ3v) is 5.49. The number of carbonyl (C=O) groups excluding carboxylic acids is 3. The molecule has 1 N–H and O–H groups in total. The van der Waals surface area contributed by atoms with Crippen LogP contribution in [0.3, 0.4) is 0 Å². The zero-order valence-electron chi connectivity index (χ0n) is 15.5. The van der Waals surface area contributed by atoms with Gasteiger partial charge in [0.1, 0.15) is 0 Å². The van der Waals surface area contributed by atoms with E-state index in [9.17, 15) is 14.4 Å². The fourth-order valence-corrected chi connectivity index (χ4v) is 3.65. The number of ketones is 1. The Morgan fingerprint density at radius 2 is 1.59 bits per heavy atom. The summed E-state index contributed by atoms with van der Waals surface area (Å²) < 4.78 is 5.62. The summed E-state index contributed by atoms with van der Waals surface area (Å²) in [5, 5.41) is 4.69. The molecule has 0 spiro atoms. The highest BCUT2D eigenvalue weighted by Gasteiger charge is 2.32. The predicted octanol–water partition coefficient (Wildman–Crippen LogP) is 4.16. The fourth-order valence-electron chi connectivity index (χ4n) is 2.98. The van der Waals surface area contributed by atoms with Crippen molar-refractivity contribution in [2.75, 3.05) is 0 Å². The zero-order valence-corrected chi connectivity index (χ0v) is 16.4. The number of rotatable bonds is 7. The maximum atomic E-state index is 13.0. The van der Waals surface area contributed by atoms with Crippen molar-refractivity contribution in [1.29, 1.82) is 0 Å². The van der Waals surface area contributed by atoms with Crippen LogP contribution in [0.15, 0.2) is 72.1 Å². The van der Waals surface area contributed by atoms with E-state index in [1.165, 1.54) is 11.3 Å². The highest BCUT2D eigenvalue weighted by molar-refractivity contribution is 7.12. The van der Waals surface area contributed by atoms with E-state index in [2.05, 4.69) is 5.32 Å². The molecular formula is C23H19NO4S. The normalized spacial score (nSPS) is 14.1. The molecule has 0 aliphatic heterocycles. The van der Waals surface area contributed by atoms with Crippen molar-refractivity contribution in [3.63, 3.8) is 0 Å². The lowest BCUT2D eigenvalue weighted by Crippen LogP contribution is -2.33. The van der Waals surface area contributed by atoms with Crippen molar-refractivity contribution >= 4 is 29.0 Å². The second-order valence-corrected chi connectivity index (χ2v) is 7.78. The second kappa shape index (κ2) is 8.41. The van der Waals surface area contributed by atoms with Gasteiger partial charge in [0.2, 0.25) is 11.9 Å². The van der Waals surface area contributed by atoms with E-state index >= 15 is 0 Å². The Bertz CT molecular complexity index is 1030. The smallest absolute Gasteiger partial charge is 0.340 e. The van der Waals surface area contributed by atoms with Crippen molar-refractivity contribution < 1.29 is 19.1 Å². The summed E-state index contributed by atoms with van der Waals surface area (Å²) in [5.41, 5.74) is 0.987. The van der Waals surface area contributed by atoms with Crippen molar-refractivity contribution in [3.8, 4) is 0 Å². The molecule has 1 heterocycles. The van der Waals surface area contributed by atoms with Gasteiger partial charge in [0.25, 0.3) is 5.91 Å². The summed E-state index contributed by atoms with van der Waals surface area (Å²) in [6.07, 6.45) is 0.785. The number of benzene rings is 2. The molecule has 1 atom stereocenters. The average Bonchev–Trinajstić information content (AvgIpc) is 3.39. The molecule has 0 bridgehead atoms. The topological polar surface area (TPSA) is 72.5 Å². The number of nitrogens with one attached hydrogen (secondary N) is 1. The number of amides is 1. The minimum Gasteiger partial charge on any atom is -0.444 e.